The second kappa shape index (κ2) is 33.0. The van der Waals surface area contributed by atoms with E-state index in [4.69, 9.17) is 64.2 Å². The monoisotopic (exact) mass is 1840 g/mol. The van der Waals surface area contributed by atoms with Gasteiger partial charge < -0.3 is 4.42 Å². The van der Waals surface area contributed by atoms with Gasteiger partial charge in [0.25, 0.3) is 0 Å². The van der Waals surface area contributed by atoms with Crippen molar-refractivity contribution in [3.63, 3.8) is 0 Å². The summed E-state index contributed by atoms with van der Waals surface area (Å²) in [6.07, 6.45) is 0. The quantitative estimate of drug-likeness (QED) is 0.132. The van der Waals surface area contributed by atoms with Crippen molar-refractivity contribution in [2.75, 3.05) is 14.7 Å². The van der Waals surface area contributed by atoms with Gasteiger partial charge in [-0.2, -0.15) is 29.9 Å². The molecule has 18 aromatic carbocycles. The van der Waals surface area contributed by atoms with Crippen LogP contribution in [-0.4, -0.2) is 73.5 Å². The third-order valence-electron chi connectivity index (χ3n) is 26.5. The molecule has 0 atom stereocenters. The van der Waals surface area contributed by atoms with Gasteiger partial charge in [-0.1, -0.05) is 322 Å². The lowest BCUT2D eigenvalue weighted by atomic mass is 10.0. The first-order valence-electron chi connectivity index (χ1n) is 46.5. The Hall–Kier alpha value is -19.0. The van der Waals surface area contributed by atoms with Crippen LogP contribution in [0.5, 0.6) is 0 Å². The Bertz CT molecular complexity index is 9720. The Morgan fingerprint density at radius 2 is 0.511 bits per heavy atom. The molecule has 27 aromatic rings. The molecule has 0 aliphatic carbocycles. The first-order valence-corrected chi connectivity index (χ1v) is 48.1. The Kier molecular flexibility index (Phi) is 18.8. The van der Waals surface area contributed by atoms with Crippen molar-refractivity contribution in [3.8, 4) is 119 Å². The number of fused-ring (bicyclic) bond motifs is 30. The van der Waals surface area contributed by atoms with Gasteiger partial charge in [0.05, 0.1) is 67.2 Å². The van der Waals surface area contributed by atoms with Crippen molar-refractivity contribution < 1.29 is 4.42 Å². The number of aromatic nitrogens is 15. The summed E-state index contributed by atoms with van der Waals surface area (Å²) in [6, 6.07) is 150. The van der Waals surface area contributed by atoms with E-state index in [0.717, 1.165) is 178 Å². The van der Waals surface area contributed by atoms with E-state index in [1.165, 1.54) is 30.3 Å². The summed E-state index contributed by atoms with van der Waals surface area (Å²) in [7, 11) is 0. The first kappa shape index (κ1) is 80.5. The molecule has 0 spiro atoms. The number of hydrogen-bond donors (Lipinski definition) is 0. The number of para-hydroxylation sites is 13. The highest BCUT2D eigenvalue weighted by molar-refractivity contribution is 7.26. The molecule has 30 rings (SSSR count). The van der Waals surface area contributed by atoms with Crippen molar-refractivity contribution in [2.45, 2.75) is 0 Å². The fourth-order valence-corrected chi connectivity index (χ4v) is 22.5. The van der Waals surface area contributed by atoms with Crippen LogP contribution in [0.4, 0.5) is 52.8 Å². The molecule has 0 N–H and O–H groups in total. The molecule has 141 heavy (non-hydrogen) atoms. The predicted octanol–water partition coefficient (Wildman–Crippen LogP) is 30.6. The Labute approximate surface area is 813 Å². The Balaban J connectivity index is 0.000000104. The Morgan fingerprint density at radius 1 is 0.191 bits per heavy atom. The largest absolute Gasteiger partial charge is 0.456 e. The maximum absolute atomic E-state index is 6.26. The maximum Gasteiger partial charge on any atom is 0.241 e. The van der Waals surface area contributed by atoms with Gasteiger partial charge in [-0.25, -0.2) is 44.6 Å². The van der Waals surface area contributed by atoms with Crippen LogP contribution in [0.15, 0.2) is 441 Å². The van der Waals surface area contributed by atoms with E-state index in [9.17, 15) is 0 Å². The van der Waals surface area contributed by atoms with Gasteiger partial charge in [0.1, 0.15) is 11.2 Å². The summed E-state index contributed by atoms with van der Waals surface area (Å²) in [4.78, 5) is 68.6. The molecule has 0 amide bonds. The van der Waals surface area contributed by atoms with E-state index < -0.39 is 0 Å². The van der Waals surface area contributed by atoms with Gasteiger partial charge in [0.15, 0.2) is 34.9 Å². The number of imidazole rings is 3. The molecule has 0 saturated carbocycles. The van der Waals surface area contributed by atoms with E-state index in [1.54, 1.807) is 22.7 Å². The van der Waals surface area contributed by atoms with E-state index in [2.05, 4.69) is 314 Å². The molecule has 3 aliphatic heterocycles. The highest BCUT2D eigenvalue weighted by Gasteiger charge is 2.37. The van der Waals surface area contributed by atoms with E-state index in [0.29, 0.717) is 58.7 Å². The van der Waals surface area contributed by atoms with E-state index >= 15 is 0 Å². The topological polar surface area (TPSA) is 192 Å². The summed E-state index contributed by atoms with van der Waals surface area (Å²) in [6.45, 7) is 0. The number of anilines is 9. The van der Waals surface area contributed by atoms with Gasteiger partial charge in [0.2, 0.25) is 35.7 Å². The normalized spacial score (nSPS) is 12.2. The SMILES string of the molecule is c1ccc(-c2nc(-c3ccc4c(c3)oc3ccccc34)nc(N3c4ccccc4-c4ccccc4-n4c3nc3ccccc34)n2)cc1.c1ccc(-c2nc(-c3cccc4c3sc3ccccc34)nc(N3c4ccccc4-c4ccccc4-n4c3nc3ccccc34)n2)cc1.c1ccc(-c2nc(-c3cccc4sc5ccccc5c34)nc(N3c4ccccc4-c4ccccc4-n4c3nc3ccccc34)n2)cc1. The van der Waals surface area contributed by atoms with Crippen LogP contribution in [0.25, 0.3) is 214 Å². The summed E-state index contributed by atoms with van der Waals surface area (Å²) in [5, 5.41) is 6.91. The van der Waals surface area contributed by atoms with Crippen LogP contribution >= 0.6 is 22.7 Å². The zero-order valence-corrected chi connectivity index (χ0v) is 76.5. The number of hydrogen-bond acceptors (Lipinski definition) is 18. The maximum atomic E-state index is 6.26. The van der Waals surface area contributed by atoms with Crippen molar-refractivity contribution in [1.82, 2.24) is 73.5 Å². The molecule has 0 unspecified atom stereocenters. The summed E-state index contributed by atoms with van der Waals surface area (Å²) in [5.41, 5.74) is 25.4. The van der Waals surface area contributed by atoms with Gasteiger partial charge in [-0.3, -0.25) is 13.7 Å². The van der Waals surface area contributed by atoms with E-state index in [1.807, 2.05) is 152 Å². The fourth-order valence-electron chi connectivity index (χ4n) is 20.2. The lowest BCUT2D eigenvalue weighted by Crippen LogP contribution is -2.18. The number of nitrogens with zero attached hydrogens (tertiary/aromatic N) is 18. The van der Waals surface area contributed by atoms with Gasteiger partial charge in [0, 0.05) is 118 Å². The standard InChI is InChI=1S/C40H24N6O.2C40H24N6S/c1-2-12-25(13-3-1)37-42-38(26-22-23-30-29-16-6-11-21-35(29)47-36(30)24-26)44-39(43-37)46-33-19-9-5-15-28(33)27-14-4-8-18-32(27)45-34-20-10-7-17-31(34)41-40(45)46;1-2-13-25(14-3-1)37-42-38(30-19-12-18-29-28-17-6-11-24-35(28)47-36(29)30)44-39(43-37)46-33-22-9-5-16-27(33)26-15-4-8-21-32(26)45-34-23-10-7-20-31(34)41-40(45)46;1-2-13-25(14-3-1)37-42-38(29-18-12-24-35-36(29)28-17-6-11-23-34(28)47-35)44-39(43-37)46-32-21-9-5-16-27(32)26-15-4-8-20-31(26)45-33-22-10-7-19-30(33)41-40(45)46/h3*1-24H. The molecule has 0 saturated heterocycles. The van der Waals surface area contributed by atoms with Gasteiger partial charge in [-0.15, -0.1) is 22.7 Å². The highest BCUT2D eigenvalue weighted by atomic mass is 32.1. The van der Waals surface area contributed by atoms with Gasteiger partial charge >= 0.3 is 0 Å². The number of rotatable bonds is 9. The van der Waals surface area contributed by atoms with E-state index in [-0.39, 0.29) is 0 Å². The predicted molar refractivity (Wildman–Crippen MR) is 570 cm³/mol. The smallest absolute Gasteiger partial charge is 0.241 e. The highest BCUT2D eigenvalue weighted by Crippen LogP contribution is 2.53. The lowest BCUT2D eigenvalue weighted by molar-refractivity contribution is 0.669. The van der Waals surface area contributed by atoms with Crippen LogP contribution in [0, 0.1) is 0 Å². The van der Waals surface area contributed by atoms with Crippen molar-refractivity contribution >= 4 is 171 Å². The molecule has 3 aliphatic rings. The minimum Gasteiger partial charge on any atom is -0.456 e. The Morgan fingerprint density at radius 3 is 0.986 bits per heavy atom. The molecule has 12 heterocycles. The van der Waals surface area contributed by atoms with Crippen LogP contribution in [0.2, 0.25) is 0 Å². The number of thiophene rings is 2. The minimum atomic E-state index is 0.468. The molecule has 0 radical (unpaired) electrons. The van der Waals surface area contributed by atoms with Crippen LogP contribution in [0.1, 0.15) is 0 Å². The minimum absolute atomic E-state index is 0.468. The third-order valence-corrected chi connectivity index (χ3v) is 28.8. The molecule has 0 bridgehead atoms. The summed E-state index contributed by atoms with van der Waals surface area (Å²) in [5.74, 6) is 7.16. The lowest BCUT2D eigenvalue weighted by Gasteiger charge is -2.23. The van der Waals surface area contributed by atoms with Crippen LogP contribution < -0.4 is 14.7 Å². The number of furan rings is 1. The van der Waals surface area contributed by atoms with Gasteiger partial charge in [-0.05, 0) is 115 Å². The molecular formula is C120H72N18OS2. The molecular weight excluding hydrogens is 1770 g/mol. The van der Waals surface area contributed by atoms with Crippen LogP contribution in [0.3, 0.4) is 0 Å². The van der Waals surface area contributed by atoms with Crippen molar-refractivity contribution in [1.29, 1.82) is 0 Å². The number of benzene rings is 18. The first-order chi connectivity index (χ1) is 69.9. The second-order valence-electron chi connectivity index (χ2n) is 34.6. The fraction of sp³-hybridized carbons (Fsp3) is 0. The molecule has 19 nitrogen and oxygen atoms in total. The second-order valence-corrected chi connectivity index (χ2v) is 36.8. The average molecular weight is 1850 g/mol. The molecule has 660 valence electrons. The van der Waals surface area contributed by atoms with Crippen molar-refractivity contribution in [3.05, 3.63) is 437 Å². The molecule has 9 aromatic heterocycles. The van der Waals surface area contributed by atoms with Crippen LogP contribution in [-0.2, 0) is 0 Å². The average Bonchev–Trinajstić information content (AvgIpc) is 1.58. The van der Waals surface area contributed by atoms with Crippen molar-refractivity contribution in [2.24, 2.45) is 0 Å². The molecule has 0 fully saturated rings. The zero-order valence-electron chi connectivity index (χ0n) is 74.8. The molecule has 21 heteroatoms. The zero-order chi connectivity index (χ0) is 92.7. The summed E-state index contributed by atoms with van der Waals surface area (Å²) < 4.78 is 17.7. The third kappa shape index (κ3) is 13.4. The summed E-state index contributed by atoms with van der Waals surface area (Å²) >= 11 is 3.56.